The zero-order chi connectivity index (χ0) is 29.5. The summed E-state index contributed by atoms with van der Waals surface area (Å²) in [5.74, 6) is -0.267. The van der Waals surface area contributed by atoms with Crippen LogP contribution in [-0.4, -0.2) is 68.6 Å². The Bertz CT molecular complexity index is 1690. The Labute approximate surface area is 242 Å². The van der Waals surface area contributed by atoms with E-state index in [-0.39, 0.29) is 21.5 Å². The number of fused-ring (bicyclic) bond motifs is 1. The van der Waals surface area contributed by atoms with Gasteiger partial charge in [0.25, 0.3) is 5.91 Å². The molecular formula is C27H24FN7O6S. The summed E-state index contributed by atoms with van der Waals surface area (Å²) < 4.78 is 31.3. The van der Waals surface area contributed by atoms with E-state index in [0.29, 0.717) is 61.2 Å². The van der Waals surface area contributed by atoms with E-state index in [1.165, 1.54) is 41.3 Å². The molecule has 0 bridgehead atoms. The van der Waals surface area contributed by atoms with Crippen molar-refractivity contribution in [2.75, 3.05) is 38.4 Å². The highest BCUT2D eigenvalue weighted by Crippen LogP contribution is 2.29. The largest absolute Gasteiger partial charge is 0.475 e. The van der Waals surface area contributed by atoms with Crippen molar-refractivity contribution in [3.63, 3.8) is 0 Å². The fourth-order valence-electron chi connectivity index (χ4n) is 3.79. The molecular weight excluding hydrogens is 569 g/mol. The number of nitrogens with zero attached hydrogens (tertiary/aromatic N) is 6. The molecule has 216 valence electrons. The lowest BCUT2D eigenvalue weighted by Crippen LogP contribution is -2.13. The number of halogens is 1. The summed E-state index contributed by atoms with van der Waals surface area (Å²) in [5, 5.41) is 18.4. The van der Waals surface area contributed by atoms with E-state index in [1.807, 2.05) is 6.92 Å². The number of carbonyl (C=O) groups excluding carboxylic acids is 1. The van der Waals surface area contributed by atoms with Crippen LogP contribution in [0.1, 0.15) is 16.6 Å². The van der Waals surface area contributed by atoms with Gasteiger partial charge in [0.1, 0.15) is 18.2 Å². The van der Waals surface area contributed by atoms with Crippen LogP contribution >= 0.6 is 11.3 Å². The van der Waals surface area contributed by atoms with Gasteiger partial charge in [0.05, 0.1) is 46.9 Å². The number of thiophene rings is 1. The second-order valence-electron chi connectivity index (χ2n) is 8.56. The molecule has 4 heterocycles. The first-order valence-corrected chi connectivity index (χ1v) is 13.6. The van der Waals surface area contributed by atoms with Crippen molar-refractivity contribution in [2.24, 2.45) is 0 Å². The number of rotatable bonds is 13. The summed E-state index contributed by atoms with van der Waals surface area (Å²) in [6.45, 7) is 4.21. The van der Waals surface area contributed by atoms with E-state index in [9.17, 15) is 19.3 Å². The number of pyridine rings is 1. The van der Waals surface area contributed by atoms with Crippen LogP contribution in [0, 0.1) is 15.9 Å². The number of anilines is 1. The lowest BCUT2D eigenvalue weighted by Gasteiger charge is -2.10. The van der Waals surface area contributed by atoms with E-state index in [0.717, 1.165) is 11.3 Å². The van der Waals surface area contributed by atoms with E-state index < -0.39 is 16.6 Å². The highest BCUT2D eigenvalue weighted by Gasteiger charge is 2.20. The van der Waals surface area contributed by atoms with Crippen molar-refractivity contribution in [1.82, 2.24) is 24.7 Å². The van der Waals surface area contributed by atoms with Gasteiger partial charge < -0.3 is 19.5 Å². The maximum absolute atomic E-state index is 13.6. The number of nitro groups is 1. The molecule has 1 amide bonds. The molecule has 1 aromatic carbocycles. The van der Waals surface area contributed by atoms with Crippen LogP contribution < -0.4 is 10.1 Å². The number of benzene rings is 1. The van der Waals surface area contributed by atoms with Gasteiger partial charge in [-0.15, -0.1) is 0 Å². The zero-order valence-corrected chi connectivity index (χ0v) is 23.0. The van der Waals surface area contributed by atoms with Gasteiger partial charge in [-0.2, -0.15) is 5.10 Å². The van der Waals surface area contributed by atoms with E-state index in [4.69, 9.17) is 14.2 Å². The predicted octanol–water partition coefficient (Wildman–Crippen LogP) is 4.67. The topological polar surface area (TPSA) is 156 Å². The monoisotopic (exact) mass is 593 g/mol. The van der Waals surface area contributed by atoms with Crippen LogP contribution in [0.4, 0.5) is 15.2 Å². The molecule has 1 N–H and O–H groups in total. The van der Waals surface area contributed by atoms with Crippen molar-refractivity contribution < 1.29 is 28.3 Å². The molecule has 0 radical (unpaired) electrons. The van der Waals surface area contributed by atoms with E-state index >= 15 is 0 Å². The maximum Gasteiger partial charge on any atom is 0.324 e. The summed E-state index contributed by atoms with van der Waals surface area (Å²) in [6, 6.07) is 11.7. The molecule has 0 aliphatic rings. The van der Waals surface area contributed by atoms with E-state index in [2.05, 4.69) is 25.4 Å². The third-order valence-electron chi connectivity index (χ3n) is 5.78. The molecule has 0 fully saturated rings. The Kier molecular flexibility index (Phi) is 9.01. The minimum absolute atomic E-state index is 0.131. The standard InChI is InChI=1S/C27H24FN7O6S/c1-2-39-11-12-40-13-14-41-22-9-3-17(15-29-22)24-31-25(33-27(36)21-8-10-23(42-21)35(37)38)20-16-30-34(26(20)32-24)19-6-4-18(28)5-7-19/h3-10,15-16H,2,11-14H2,1H3,(H,31,32,33,36). The van der Waals surface area contributed by atoms with Crippen molar-refractivity contribution >= 4 is 39.1 Å². The third kappa shape index (κ3) is 6.71. The van der Waals surface area contributed by atoms with Gasteiger partial charge in [-0.05, 0) is 43.3 Å². The highest BCUT2D eigenvalue weighted by atomic mass is 32.1. The number of ether oxygens (including phenoxy) is 3. The fourth-order valence-corrected chi connectivity index (χ4v) is 4.50. The first kappa shape index (κ1) is 28.7. The molecule has 13 nitrogen and oxygen atoms in total. The summed E-state index contributed by atoms with van der Waals surface area (Å²) in [7, 11) is 0. The molecule has 15 heteroatoms. The number of hydrogen-bond acceptors (Lipinski definition) is 11. The maximum atomic E-state index is 13.6. The molecule has 0 unspecified atom stereocenters. The number of aromatic nitrogens is 5. The number of hydrogen-bond donors (Lipinski definition) is 1. The lowest BCUT2D eigenvalue weighted by molar-refractivity contribution is -0.380. The zero-order valence-electron chi connectivity index (χ0n) is 22.2. The molecule has 4 aromatic heterocycles. The normalized spacial score (nSPS) is 11.1. The molecule has 0 aliphatic heterocycles. The molecule has 0 saturated heterocycles. The lowest BCUT2D eigenvalue weighted by atomic mass is 10.2. The number of amides is 1. The van der Waals surface area contributed by atoms with Gasteiger partial charge >= 0.3 is 5.00 Å². The molecule has 0 saturated carbocycles. The minimum atomic E-state index is -0.584. The molecule has 5 rings (SSSR count). The minimum Gasteiger partial charge on any atom is -0.475 e. The van der Waals surface area contributed by atoms with Crippen LogP contribution in [0.5, 0.6) is 5.88 Å². The molecule has 0 atom stereocenters. The van der Waals surface area contributed by atoms with Gasteiger partial charge in [-0.1, -0.05) is 11.3 Å². The second kappa shape index (κ2) is 13.2. The Balaban J connectivity index is 1.42. The summed E-state index contributed by atoms with van der Waals surface area (Å²) in [6.07, 6.45) is 3.00. The van der Waals surface area contributed by atoms with Gasteiger partial charge in [0, 0.05) is 30.5 Å². The van der Waals surface area contributed by atoms with Crippen molar-refractivity contribution in [2.45, 2.75) is 6.92 Å². The van der Waals surface area contributed by atoms with Gasteiger partial charge in [0.15, 0.2) is 11.5 Å². The van der Waals surface area contributed by atoms with Crippen LogP contribution in [0.25, 0.3) is 28.1 Å². The SMILES string of the molecule is CCOCCOCCOc1ccc(-c2nc(NC(=O)c3ccc([N+](=O)[O-])s3)c3cnn(-c4ccc(F)cc4)c3n2)cn1. The number of nitrogens with one attached hydrogen (secondary N) is 1. The first-order chi connectivity index (χ1) is 20.4. The third-order valence-corrected chi connectivity index (χ3v) is 6.81. The van der Waals surface area contributed by atoms with Crippen LogP contribution in [-0.2, 0) is 9.47 Å². The quantitative estimate of drug-likeness (QED) is 0.116. The van der Waals surface area contributed by atoms with Crippen LogP contribution in [0.2, 0.25) is 0 Å². The smallest absolute Gasteiger partial charge is 0.324 e. The second-order valence-corrected chi connectivity index (χ2v) is 9.62. The fraction of sp³-hybridized carbons (Fsp3) is 0.222. The molecule has 0 spiro atoms. The Morgan fingerprint density at radius 3 is 2.52 bits per heavy atom. The average molecular weight is 594 g/mol. The van der Waals surface area contributed by atoms with Gasteiger partial charge in [-0.3, -0.25) is 14.9 Å². The van der Waals surface area contributed by atoms with Gasteiger partial charge in [0.2, 0.25) is 5.88 Å². The van der Waals surface area contributed by atoms with E-state index in [1.54, 1.807) is 24.3 Å². The Morgan fingerprint density at radius 2 is 1.81 bits per heavy atom. The van der Waals surface area contributed by atoms with Crippen molar-refractivity contribution in [1.29, 1.82) is 0 Å². The van der Waals surface area contributed by atoms with Crippen LogP contribution in [0.15, 0.2) is 60.9 Å². The van der Waals surface area contributed by atoms with Crippen LogP contribution in [0.3, 0.4) is 0 Å². The molecule has 0 aliphatic carbocycles. The van der Waals surface area contributed by atoms with Gasteiger partial charge in [-0.25, -0.2) is 24.0 Å². The average Bonchev–Trinajstić information content (AvgIpc) is 3.66. The first-order valence-electron chi connectivity index (χ1n) is 12.7. The van der Waals surface area contributed by atoms with Crippen molar-refractivity contribution in [3.8, 4) is 23.0 Å². The number of carbonyl (C=O) groups is 1. The highest BCUT2D eigenvalue weighted by molar-refractivity contribution is 7.17. The molecule has 5 aromatic rings. The predicted molar refractivity (Wildman–Crippen MR) is 152 cm³/mol. The summed E-state index contributed by atoms with van der Waals surface area (Å²) in [4.78, 5) is 37.2. The molecule has 42 heavy (non-hydrogen) atoms. The Morgan fingerprint density at radius 1 is 1.02 bits per heavy atom. The summed E-state index contributed by atoms with van der Waals surface area (Å²) >= 11 is 0.742. The Hall–Kier alpha value is -4.86. The van der Waals surface area contributed by atoms with Crippen molar-refractivity contribution in [3.05, 3.63) is 81.7 Å². The summed E-state index contributed by atoms with van der Waals surface area (Å²) in [5.41, 5.74) is 1.39.